The van der Waals surface area contributed by atoms with Crippen LogP contribution in [-0.2, 0) is 16.6 Å². The van der Waals surface area contributed by atoms with Crippen molar-refractivity contribution in [2.24, 2.45) is 5.41 Å². The highest BCUT2D eigenvalue weighted by atomic mass is 32.2. The highest BCUT2D eigenvalue weighted by Gasteiger charge is 2.49. The number of sulfonamides is 1. The molecule has 0 unspecified atom stereocenters. The predicted molar refractivity (Wildman–Crippen MR) is 76.8 cm³/mol. The molecule has 0 bridgehead atoms. The van der Waals surface area contributed by atoms with E-state index in [9.17, 15) is 8.42 Å². The molecular formula is C14H22N2O3S. The van der Waals surface area contributed by atoms with Crippen LogP contribution in [0, 0.1) is 12.3 Å². The molecule has 2 aliphatic rings. The van der Waals surface area contributed by atoms with Gasteiger partial charge in [-0.2, -0.15) is 0 Å². The van der Waals surface area contributed by atoms with Gasteiger partial charge in [0.1, 0.15) is 11.5 Å². The summed E-state index contributed by atoms with van der Waals surface area (Å²) in [6, 6.07) is 4.00. The Morgan fingerprint density at radius 2 is 2.05 bits per heavy atom. The number of furan rings is 1. The van der Waals surface area contributed by atoms with Crippen molar-refractivity contribution in [3.63, 3.8) is 0 Å². The summed E-state index contributed by atoms with van der Waals surface area (Å²) < 4.78 is 31.1. The summed E-state index contributed by atoms with van der Waals surface area (Å²) in [5.41, 5.74) is 0.184. The first-order valence-corrected chi connectivity index (χ1v) is 8.79. The molecular weight excluding hydrogens is 276 g/mol. The van der Waals surface area contributed by atoms with E-state index in [1.165, 1.54) is 0 Å². The smallest absolute Gasteiger partial charge is 0.213 e. The van der Waals surface area contributed by atoms with Gasteiger partial charge in [-0.3, -0.25) is 4.90 Å². The van der Waals surface area contributed by atoms with Crippen molar-refractivity contribution in [2.45, 2.75) is 26.8 Å². The molecule has 6 heteroatoms. The van der Waals surface area contributed by atoms with Crippen molar-refractivity contribution in [1.29, 1.82) is 0 Å². The topological polar surface area (TPSA) is 53.8 Å². The average Bonchev–Trinajstić information content (AvgIpc) is 2.96. The van der Waals surface area contributed by atoms with Gasteiger partial charge in [0.05, 0.1) is 12.3 Å². The van der Waals surface area contributed by atoms with E-state index in [1.54, 1.807) is 11.2 Å². The number of likely N-dealkylation sites (tertiary alicyclic amines) is 1. The minimum absolute atomic E-state index is 0.184. The Hall–Kier alpha value is -0.850. The van der Waals surface area contributed by atoms with Gasteiger partial charge in [-0.15, -0.1) is 0 Å². The van der Waals surface area contributed by atoms with Gasteiger partial charge in [0.25, 0.3) is 0 Å². The first kappa shape index (κ1) is 14.1. The Morgan fingerprint density at radius 1 is 1.30 bits per heavy atom. The van der Waals surface area contributed by atoms with Crippen LogP contribution in [0.4, 0.5) is 0 Å². The average molecular weight is 298 g/mol. The van der Waals surface area contributed by atoms with Gasteiger partial charge < -0.3 is 4.42 Å². The molecule has 3 rings (SSSR count). The molecule has 20 heavy (non-hydrogen) atoms. The van der Waals surface area contributed by atoms with E-state index in [2.05, 4.69) is 4.90 Å². The first-order chi connectivity index (χ1) is 9.42. The quantitative estimate of drug-likeness (QED) is 0.844. The van der Waals surface area contributed by atoms with Crippen LogP contribution in [0.3, 0.4) is 0 Å². The minimum atomic E-state index is -3.02. The summed E-state index contributed by atoms with van der Waals surface area (Å²) in [7, 11) is -3.02. The molecule has 0 aromatic carbocycles. The molecule has 0 aliphatic carbocycles. The van der Waals surface area contributed by atoms with E-state index in [0.29, 0.717) is 13.1 Å². The van der Waals surface area contributed by atoms with Crippen LogP contribution in [0.15, 0.2) is 16.5 Å². The van der Waals surface area contributed by atoms with Crippen LogP contribution in [0.2, 0.25) is 0 Å². The van der Waals surface area contributed by atoms with Gasteiger partial charge in [0.15, 0.2) is 0 Å². The fourth-order valence-corrected chi connectivity index (χ4v) is 4.58. The summed E-state index contributed by atoms with van der Waals surface area (Å²) in [6.07, 6.45) is 0.986. The maximum absolute atomic E-state index is 11.9. The highest BCUT2D eigenvalue weighted by Crippen LogP contribution is 2.41. The van der Waals surface area contributed by atoms with Crippen LogP contribution in [0.1, 0.15) is 24.9 Å². The third-order valence-corrected chi connectivity index (χ3v) is 6.28. The second-order valence-electron chi connectivity index (χ2n) is 6.14. The predicted octanol–water partition coefficient (Wildman–Crippen LogP) is 1.45. The largest absolute Gasteiger partial charge is 0.465 e. The summed E-state index contributed by atoms with van der Waals surface area (Å²) in [6.45, 7) is 7.82. The molecule has 112 valence electrons. The summed E-state index contributed by atoms with van der Waals surface area (Å²) >= 11 is 0. The third-order valence-electron chi connectivity index (χ3n) is 4.45. The normalized spacial score (nSPS) is 23.3. The van der Waals surface area contributed by atoms with Crippen molar-refractivity contribution in [2.75, 3.05) is 31.9 Å². The van der Waals surface area contributed by atoms with Crippen LogP contribution in [0.25, 0.3) is 0 Å². The summed E-state index contributed by atoms with van der Waals surface area (Å²) in [5, 5.41) is 0. The molecule has 1 aromatic rings. The molecule has 1 spiro atoms. The second-order valence-corrected chi connectivity index (χ2v) is 8.40. The Bertz CT molecular complexity index is 587. The standard InChI is InChI=1S/C14H22N2O3S/c1-3-20(17,18)16-7-6-14(11-16)9-15(10-14)8-13-5-4-12(2)19-13/h4-5H,3,6-11H2,1-2H3. The first-order valence-electron chi connectivity index (χ1n) is 7.18. The Labute approximate surface area is 120 Å². The SMILES string of the molecule is CCS(=O)(=O)N1CCC2(CN(Cc3ccc(C)o3)C2)C1. The fraction of sp³-hybridized carbons (Fsp3) is 0.714. The van der Waals surface area contributed by atoms with Gasteiger partial charge in [-0.25, -0.2) is 12.7 Å². The van der Waals surface area contributed by atoms with Gasteiger partial charge in [-0.1, -0.05) is 0 Å². The van der Waals surface area contributed by atoms with E-state index in [0.717, 1.165) is 37.6 Å². The van der Waals surface area contributed by atoms with Crippen LogP contribution in [-0.4, -0.2) is 49.6 Å². The molecule has 0 amide bonds. The summed E-state index contributed by atoms with van der Waals surface area (Å²) in [5.74, 6) is 2.14. The third kappa shape index (κ3) is 2.52. The van der Waals surface area contributed by atoms with Crippen molar-refractivity contribution in [3.05, 3.63) is 23.7 Å². The number of rotatable bonds is 4. The lowest BCUT2D eigenvalue weighted by Gasteiger charge is -2.47. The maximum Gasteiger partial charge on any atom is 0.213 e. The highest BCUT2D eigenvalue weighted by molar-refractivity contribution is 7.89. The zero-order chi connectivity index (χ0) is 14.4. The zero-order valence-electron chi connectivity index (χ0n) is 12.1. The van der Waals surface area contributed by atoms with E-state index in [1.807, 2.05) is 19.1 Å². The molecule has 5 nitrogen and oxygen atoms in total. The fourth-order valence-electron chi connectivity index (χ4n) is 3.38. The lowest BCUT2D eigenvalue weighted by molar-refractivity contribution is 0.00188. The number of hydrogen-bond donors (Lipinski definition) is 0. The van der Waals surface area contributed by atoms with Crippen LogP contribution < -0.4 is 0 Å². The molecule has 2 aliphatic heterocycles. The molecule has 2 fully saturated rings. The molecule has 0 atom stereocenters. The van der Waals surface area contributed by atoms with Gasteiger partial charge in [-0.05, 0) is 32.4 Å². The van der Waals surface area contributed by atoms with Crippen LogP contribution >= 0.6 is 0 Å². The number of nitrogens with zero attached hydrogens (tertiary/aromatic N) is 2. The molecule has 1 aromatic heterocycles. The van der Waals surface area contributed by atoms with Gasteiger partial charge in [0, 0.05) is 31.6 Å². The van der Waals surface area contributed by atoms with E-state index in [-0.39, 0.29) is 11.2 Å². The maximum atomic E-state index is 11.9. The van der Waals surface area contributed by atoms with Gasteiger partial charge >= 0.3 is 0 Å². The Morgan fingerprint density at radius 3 is 2.65 bits per heavy atom. The molecule has 3 heterocycles. The number of hydrogen-bond acceptors (Lipinski definition) is 4. The van der Waals surface area contributed by atoms with E-state index >= 15 is 0 Å². The molecule has 2 saturated heterocycles. The number of aryl methyl sites for hydroxylation is 1. The van der Waals surface area contributed by atoms with Gasteiger partial charge in [0.2, 0.25) is 10.0 Å². The van der Waals surface area contributed by atoms with Crippen molar-refractivity contribution in [3.8, 4) is 0 Å². The zero-order valence-corrected chi connectivity index (χ0v) is 12.9. The van der Waals surface area contributed by atoms with Crippen molar-refractivity contribution in [1.82, 2.24) is 9.21 Å². The Kier molecular flexibility index (Phi) is 3.43. The Balaban J connectivity index is 1.55. The van der Waals surface area contributed by atoms with Crippen LogP contribution in [0.5, 0.6) is 0 Å². The lowest BCUT2D eigenvalue weighted by Crippen LogP contribution is -2.57. The van der Waals surface area contributed by atoms with Crippen molar-refractivity contribution < 1.29 is 12.8 Å². The monoisotopic (exact) mass is 298 g/mol. The van der Waals surface area contributed by atoms with Crippen molar-refractivity contribution >= 4 is 10.0 Å². The molecule has 0 saturated carbocycles. The van der Waals surface area contributed by atoms with E-state index in [4.69, 9.17) is 4.42 Å². The molecule has 0 N–H and O–H groups in total. The summed E-state index contributed by atoms with van der Waals surface area (Å²) in [4.78, 5) is 2.33. The van der Waals surface area contributed by atoms with E-state index < -0.39 is 10.0 Å². The lowest BCUT2D eigenvalue weighted by atomic mass is 9.79. The molecule has 0 radical (unpaired) electrons. The second kappa shape index (κ2) is 4.86. The minimum Gasteiger partial charge on any atom is -0.465 e.